The fourth-order valence-corrected chi connectivity index (χ4v) is 4.19. The summed E-state index contributed by atoms with van der Waals surface area (Å²) in [6, 6.07) is 14.0. The van der Waals surface area contributed by atoms with Crippen LogP contribution in [0.25, 0.3) is 10.8 Å². The van der Waals surface area contributed by atoms with Crippen molar-refractivity contribution in [2.45, 2.75) is 24.8 Å². The molecule has 0 aromatic heterocycles. The number of carbonyl (C=O) groups is 2. The fourth-order valence-electron chi connectivity index (χ4n) is 4.19. The van der Waals surface area contributed by atoms with Gasteiger partial charge >= 0.3 is 0 Å². The number of fused-ring (bicyclic) bond motifs is 3. The molecule has 3 aliphatic rings. The summed E-state index contributed by atoms with van der Waals surface area (Å²) in [6.45, 7) is 0.895. The van der Waals surface area contributed by atoms with Crippen LogP contribution < -0.4 is 5.32 Å². The molecule has 2 saturated heterocycles. The molecule has 0 radical (unpaired) electrons. The molecular weight excluding hydrogens is 316 g/mol. The molecule has 3 atom stereocenters. The predicted molar refractivity (Wildman–Crippen MR) is 92.4 cm³/mol. The summed E-state index contributed by atoms with van der Waals surface area (Å²) >= 11 is 0. The Bertz CT molecular complexity index is 917. The van der Waals surface area contributed by atoms with Crippen LogP contribution in [-0.4, -0.2) is 35.1 Å². The molecule has 126 valence electrons. The number of likely N-dealkylation sites (tertiary alicyclic amines) is 1. The van der Waals surface area contributed by atoms with Crippen molar-refractivity contribution in [3.05, 3.63) is 60.2 Å². The maximum absolute atomic E-state index is 13.0. The van der Waals surface area contributed by atoms with E-state index < -0.39 is 11.5 Å². The third-order valence-electron chi connectivity index (χ3n) is 5.52. The topological polar surface area (TPSA) is 58.6 Å². The van der Waals surface area contributed by atoms with E-state index in [1.807, 2.05) is 54.6 Å². The van der Waals surface area contributed by atoms with Gasteiger partial charge in [-0.25, -0.2) is 0 Å². The predicted octanol–water partition coefficient (Wildman–Crippen LogP) is 1.97. The first-order valence-electron chi connectivity index (χ1n) is 8.58. The Hall–Kier alpha value is -2.50. The van der Waals surface area contributed by atoms with E-state index in [2.05, 4.69) is 5.32 Å². The normalized spacial score (nSPS) is 30.8. The van der Waals surface area contributed by atoms with Crippen LogP contribution in [-0.2, 0) is 20.9 Å². The van der Waals surface area contributed by atoms with Gasteiger partial charge in [0.15, 0.2) is 0 Å². The van der Waals surface area contributed by atoms with Gasteiger partial charge < -0.3 is 4.74 Å². The highest BCUT2D eigenvalue weighted by molar-refractivity contribution is 6.04. The molecule has 5 heteroatoms. The maximum Gasteiger partial charge on any atom is 0.236 e. The average molecular weight is 334 g/mol. The van der Waals surface area contributed by atoms with Crippen LogP contribution in [0.4, 0.5) is 0 Å². The van der Waals surface area contributed by atoms with Gasteiger partial charge in [0.1, 0.15) is 11.8 Å². The van der Waals surface area contributed by atoms with E-state index >= 15 is 0 Å². The van der Waals surface area contributed by atoms with E-state index in [-0.39, 0.29) is 24.5 Å². The van der Waals surface area contributed by atoms with Crippen molar-refractivity contribution in [2.75, 3.05) is 6.54 Å². The summed E-state index contributed by atoms with van der Waals surface area (Å²) in [5, 5.41) is 5.39. The molecule has 2 aromatic rings. The van der Waals surface area contributed by atoms with Crippen molar-refractivity contribution < 1.29 is 14.3 Å². The number of carbonyl (C=O) groups excluding carboxylic acids is 2. The third kappa shape index (κ3) is 2.16. The molecule has 25 heavy (non-hydrogen) atoms. The van der Waals surface area contributed by atoms with Gasteiger partial charge in [0.2, 0.25) is 11.8 Å². The van der Waals surface area contributed by atoms with Gasteiger partial charge in [-0.15, -0.1) is 0 Å². The van der Waals surface area contributed by atoms with Gasteiger partial charge in [-0.3, -0.25) is 19.8 Å². The summed E-state index contributed by atoms with van der Waals surface area (Å²) < 4.78 is 5.91. The highest BCUT2D eigenvalue weighted by atomic mass is 16.5. The highest BCUT2D eigenvalue weighted by Crippen LogP contribution is 2.41. The van der Waals surface area contributed by atoms with Crippen molar-refractivity contribution in [2.24, 2.45) is 5.92 Å². The lowest BCUT2D eigenvalue weighted by molar-refractivity contribution is -0.142. The van der Waals surface area contributed by atoms with Crippen molar-refractivity contribution in [3.63, 3.8) is 0 Å². The molecule has 2 amide bonds. The lowest BCUT2D eigenvalue weighted by atomic mass is 9.85. The number of benzene rings is 2. The number of rotatable bonds is 3. The molecule has 1 N–H and O–H groups in total. The van der Waals surface area contributed by atoms with Crippen LogP contribution >= 0.6 is 0 Å². The first-order valence-corrected chi connectivity index (χ1v) is 8.58. The second kappa shape index (κ2) is 5.25. The first-order chi connectivity index (χ1) is 12.2. The van der Waals surface area contributed by atoms with E-state index in [0.717, 1.165) is 16.3 Å². The fraction of sp³-hybridized carbons (Fsp3) is 0.300. The molecule has 0 aliphatic carbocycles. The molecule has 3 aliphatic heterocycles. The molecular formula is C20H18N2O3. The molecule has 5 nitrogen and oxygen atoms in total. The Balaban J connectivity index is 1.45. The second-order valence-electron chi connectivity index (χ2n) is 6.95. The van der Waals surface area contributed by atoms with E-state index in [4.69, 9.17) is 4.74 Å². The smallest absolute Gasteiger partial charge is 0.236 e. The standard InChI is InChI=1S/C20H18N2O3/c23-18-10-16(20-9-8-17(25-20)21-12-20)19(24)22(18)11-14-6-3-5-13-4-1-2-7-15(13)14/h1-9,16-17,21H,10-12H2/t16-,17?,20?/m1/s1. The number of imide groups is 1. The van der Waals surface area contributed by atoms with Gasteiger partial charge in [0.05, 0.1) is 12.5 Å². The minimum Gasteiger partial charge on any atom is -0.347 e. The number of hydrogen-bond donors (Lipinski definition) is 1. The SMILES string of the molecule is O=C1C[C@@H](C23C=CC(NC2)O3)C(=O)N1Cc1cccc2ccccc12. The van der Waals surface area contributed by atoms with Gasteiger partial charge in [-0.1, -0.05) is 48.5 Å². The zero-order valence-electron chi connectivity index (χ0n) is 13.6. The summed E-state index contributed by atoms with van der Waals surface area (Å²) in [4.78, 5) is 27.0. The summed E-state index contributed by atoms with van der Waals surface area (Å²) in [7, 11) is 0. The first kappa shape index (κ1) is 14.8. The zero-order valence-corrected chi connectivity index (χ0v) is 13.6. The van der Waals surface area contributed by atoms with E-state index in [0.29, 0.717) is 13.1 Å². The van der Waals surface area contributed by atoms with Crippen LogP contribution in [0.5, 0.6) is 0 Å². The van der Waals surface area contributed by atoms with Crippen LogP contribution in [0, 0.1) is 5.92 Å². The molecule has 3 heterocycles. The van der Waals surface area contributed by atoms with E-state index in [1.54, 1.807) is 0 Å². The Kier molecular flexibility index (Phi) is 3.11. The Morgan fingerprint density at radius 3 is 2.76 bits per heavy atom. The maximum atomic E-state index is 13.0. The van der Waals surface area contributed by atoms with Gasteiger partial charge in [-0.05, 0) is 22.4 Å². The molecule has 0 spiro atoms. The van der Waals surface area contributed by atoms with Crippen molar-refractivity contribution >= 4 is 22.6 Å². The number of amides is 2. The minimum absolute atomic E-state index is 0.121. The summed E-state index contributed by atoms with van der Waals surface area (Å²) in [6.07, 6.45) is 3.96. The highest BCUT2D eigenvalue weighted by Gasteiger charge is 2.55. The van der Waals surface area contributed by atoms with Crippen LogP contribution in [0.3, 0.4) is 0 Å². The molecule has 2 aromatic carbocycles. The van der Waals surface area contributed by atoms with Gasteiger partial charge in [0.25, 0.3) is 0 Å². The van der Waals surface area contributed by atoms with E-state index in [9.17, 15) is 9.59 Å². The lowest BCUT2D eigenvalue weighted by Crippen LogP contribution is -2.44. The summed E-state index contributed by atoms with van der Waals surface area (Å²) in [5.41, 5.74) is 0.327. The molecule has 2 fully saturated rings. The second-order valence-corrected chi connectivity index (χ2v) is 6.95. The zero-order chi connectivity index (χ0) is 17.0. The van der Waals surface area contributed by atoms with E-state index in [1.165, 1.54) is 4.90 Å². The Morgan fingerprint density at radius 2 is 2.00 bits per heavy atom. The molecule has 2 bridgehead atoms. The third-order valence-corrected chi connectivity index (χ3v) is 5.52. The van der Waals surface area contributed by atoms with Crippen LogP contribution in [0.2, 0.25) is 0 Å². The number of hydrogen-bond acceptors (Lipinski definition) is 4. The van der Waals surface area contributed by atoms with Crippen molar-refractivity contribution in [1.82, 2.24) is 10.2 Å². The van der Waals surface area contributed by atoms with Gasteiger partial charge in [0, 0.05) is 13.0 Å². The van der Waals surface area contributed by atoms with Gasteiger partial charge in [-0.2, -0.15) is 0 Å². The van der Waals surface area contributed by atoms with Crippen LogP contribution in [0.15, 0.2) is 54.6 Å². The van der Waals surface area contributed by atoms with Crippen LogP contribution in [0.1, 0.15) is 12.0 Å². The number of nitrogens with zero attached hydrogens (tertiary/aromatic N) is 1. The largest absolute Gasteiger partial charge is 0.347 e. The molecule has 5 rings (SSSR count). The number of ether oxygens (including phenoxy) is 1. The lowest BCUT2D eigenvalue weighted by Gasteiger charge is -2.27. The van der Waals surface area contributed by atoms with Crippen molar-refractivity contribution in [3.8, 4) is 0 Å². The molecule has 2 unspecified atom stereocenters. The molecule has 0 saturated carbocycles. The minimum atomic E-state index is -0.662. The Morgan fingerprint density at radius 1 is 1.16 bits per heavy atom. The summed E-state index contributed by atoms with van der Waals surface area (Å²) in [5.74, 6) is -0.692. The number of nitrogens with one attached hydrogen (secondary N) is 1. The monoisotopic (exact) mass is 334 g/mol. The quantitative estimate of drug-likeness (QED) is 0.689. The Labute approximate surface area is 145 Å². The van der Waals surface area contributed by atoms with Crippen molar-refractivity contribution in [1.29, 1.82) is 0 Å². The average Bonchev–Trinajstić information content (AvgIpc) is 3.32.